The van der Waals surface area contributed by atoms with E-state index in [0.29, 0.717) is 23.9 Å². The molecule has 1 amide bonds. The van der Waals surface area contributed by atoms with Crippen LogP contribution in [0.5, 0.6) is 0 Å². The van der Waals surface area contributed by atoms with Gasteiger partial charge in [-0.15, -0.1) is 0 Å². The third-order valence-electron chi connectivity index (χ3n) is 6.85. The fourth-order valence-electron chi connectivity index (χ4n) is 5.37. The Morgan fingerprint density at radius 3 is 2.63 bits per heavy atom. The summed E-state index contributed by atoms with van der Waals surface area (Å²) in [5, 5.41) is 0. The quantitative estimate of drug-likeness (QED) is 0.600. The predicted molar refractivity (Wildman–Crippen MR) is 121 cm³/mol. The van der Waals surface area contributed by atoms with Gasteiger partial charge in [0.25, 0.3) is 0 Å². The predicted octanol–water partition coefficient (Wildman–Crippen LogP) is 5.67. The van der Waals surface area contributed by atoms with Crippen molar-refractivity contribution in [1.82, 2.24) is 4.90 Å². The van der Waals surface area contributed by atoms with Gasteiger partial charge in [0.05, 0.1) is 11.4 Å². The van der Waals surface area contributed by atoms with E-state index in [1.54, 1.807) is 18.7 Å². The molecule has 0 aromatic heterocycles. The average Bonchev–Trinajstić information content (AvgIpc) is 2.77. The number of nitrogens with zero attached hydrogens (tertiary/aromatic N) is 2. The van der Waals surface area contributed by atoms with Crippen LogP contribution in [0.3, 0.4) is 0 Å². The van der Waals surface area contributed by atoms with Gasteiger partial charge < -0.3 is 4.90 Å². The minimum Gasteiger partial charge on any atom is -0.300 e. The van der Waals surface area contributed by atoms with E-state index in [2.05, 4.69) is 11.0 Å². The Morgan fingerprint density at radius 2 is 1.77 bits per heavy atom. The summed E-state index contributed by atoms with van der Waals surface area (Å²) in [6, 6.07) is 14.4. The van der Waals surface area contributed by atoms with Gasteiger partial charge in [0.1, 0.15) is 0 Å². The number of rotatable bonds is 3. The number of hydrogen-bond donors (Lipinski definition) is 0. The Morgan fingerprint density at radius 1 is 0.967 bits per heavy atom. The number of carbonyl (C=O) groups is 2. The molecule has 5 heteroatoms. The normalized spacial score (nSPS) is 23.3. The lowest BCUT2D eigenvalue weighted by Gasteiger charge is -2.44. The maximum absolute atomic E-state index is 13.8. The molecule has 2 fully saturated rings. The summed E-state index contributed by atoms with van der Waals surface area (Å²) >= 11 is 1.67. The molecule has 3 heterocycles. The Balaban J connectivity index is 1.49. The number of amides is 1. The standard InChI is InChI=1S/C25H28N2O2S/c1-17(28)18-11-12-24-22(15-18)27(21-9-2-3-10-23(21)30-24)25(29)16-19-7-6-14-26-13-5-4-8-20(19)26/h2-3,9-12,15,19-20H,4-8,13-14,16H2,1H3/t19-,20-/m1/s1. The van der Waals surface area contributed by atoms with Crippen LogP contribution in [0.15, 0.2) is 52.3 Å². The van der Waals surface area contributed by atoms with Gasteiger partial charge in [-0.2, -0.15) is 0 Å². The zero-order valence-electron chi connectivity index (χ0n) is 17.5. The van der Waals surface area contributed by atoms with Gasteiger partial charge in [-0.1, -0.05) is 36.4 Å². The molecule has 4 nitrogen and oxygen atoms in total. The maximum Gasteiger partial charge on any atom is 0.231 e. The SMILES string of the molecule is CC(=O)c1ccc2c(c1)N(C(=O)C[C@H]1CCCN3CCCC[C@H]13)c1ccccc1S2. The highest BCUT2D eigenvalue weighted by atomic mass is 32.2. The first kappa shape index (κ1) is 19.8. The fourth-order valence-corrected chi connectivity index (χ4v) is 6.41. The molecule has 0 radical (unpaired) electrons. The highest BCUT2D eigenvalue weighted by Crippen LogP contribution is 2.49. The van der Waals surface area contributed by atoms with E-state index in [1.165, 1.54) is 38.8 Å². The molecule has 0 N–H and O–H groups in total. The van der Waals surface area contributed by atoms with Crippen molar-refractivity contribution < 1.29 is 9.59 Å². The number of hydrogen-bond acceptors (Lipinski definition) is 4. The number of carbonyl (C=O) groups excluding carboxylic acids is 2. The molecule has 30 heavy (non-hydrogen) atoms. The maximum atomic E-state index is 13.8. The van der Waals surface area contributed by atoms with Gasteiger partial charge >= 0.3 is 0 Å². The van der Waals surface area contributed by atoms with Crippen molar-refractivity contribution in [3.63, 3.8) is 0 Å². The van der Waals surface area contributed by atoms with E-state index in [4.69, 9.17) is 0 Å². The second-order valence-electron chi connectivity index (χ2n) is 8.74. The third-order valence-corrected chi connectivity index (χ3v) is 7.98. The van der Waals surface area contributed by atoms with Gasteiger partial charge in [0, 0.05) is 27.8 Å². The Labute approximate surface area is 182 Å². The van der Waals surface area contributed by atoms with Gasteiger partial charge in [0.15, 0.2) is 5.78 Å². The minimum atomic E-state index is 0.0270. The Kier molecular flexibility index (Phi) is 5.42. The van der Waals surface area contributed by atoms with E-state index in [0.717, 1.165) is 27.6 Å². The summed E-state index contributed by atoms with van der Waals surface area (Å²) in [7, 11) is 0. The van der Waals surface area contributed by atoms with Crippen LogP contribution < -0.4 is 4.90 Å². The molecule has 0 bridgehead atoms. The van der Waals surface area contributed by atoms with Crippen LogP contribution in [0.1, 0.15) is 55.8 Å². The van der Waals surface area contributed by atoms with Gasteiger partial charge in [-0.05, 0) is 75.9 Å². The van der Waals surface area contributed by atoms with E-state index in [1.807, 2.05) is 41.3 Å². The van der Waals surface area contributed by atoms with Crippen LogP contribution in [0, 0.1) is 5.92 Å². The second-order valence-corrected chi connectivity index (χ2v) is 9.83. The van der Waals surface area contributed by atoms with Crippen LogP contribution in [0.2, 0.25) is 0 Å². The van der Waals surface area contributed by atoms with Crippen LogP contribution in [-0.4, -0.2) is 35.7 Å². The van der Waals surface area contributed by atoms with Crippen LogP contribution in [-0.2, 0) is 4.79 Å². The number of fused-ring (bicyclic) bond motifs is 3. The van der Waals surface area contributed by atoms with Crippen molar-refractivity contribution in [1.29, 1.82) is 0 Å². The molecular weight excluding hydrogens is 392 g/mol. The number of Topliss-reactive ketones (excluding diaryl/α,β-unsaturated/α-hetero) is 1. The first-order valence-corrected chi connectivity index (χ1v) is 11.9. The molecule has 3 aliphatic rings. The Bertz CT molecular complexity index is 987. The minimum absolute atomic E-state index is 0.0270. The van der Waals surface area contributed by atoms with E-state index < -0.39 is 0 Å². The molecule has 0 spiro atoms. The first-order chi connectivity index (χ1) is 14.6. The number of benzene rings is 2. The molecule has 5 rings (SSSR count). The molecule has 2 aromatic rings. The lowest BCUT2D eigenvalue weighted by atomic mass is 9.81. The van der Waals surface area contributed by atoms with Gasteiger partial charge in [0.2, 0.25) is 5.91 Å². The summed E-state index contributed by atoms with van der Waals surface area (Å²) in [5.41, 5.74) is 2.45. The van der Waals surface area contributed by atoms with Crippen molar-refractivity contribution in [2.45, 2.75) is 61.3 Å². The molecule has 0 unspecified atom stereocenters. The lowest BCUT2D eigenvalue weighted by Crippen LogP contribution is -2.49. The van der Waals surface area contributed by atoms with Crippen LogP contribution >= 0.6 is 11.8 Å². The fraction of sp³-hybridized carbons (Fsp3) is 0.440. The summed E-state index contributed by atoms with van der Waals surface area (Å²) in [4.78, 5) is 32.4. The molecule has 3 aliphatic heterocycles. The number of anilines is 2. The highest BCUT2D eigenvalue weighted by Gasteiger charge is 2.36. The van der Waals surface area contributed by atoms with Crippen molar-refractivity contribution in [3.05, 3.63) is 48.0 Å². The van der Waals surface area contributed by atoms with Crippen molar-refractivity contribution in [2.24, 2.45) is 5.92 Å². The summed E-state index contributed by atoms with van der Waals surface area (Å²) in [6.07, 6.45) is 6.68. The summed E-state index contributed by atoms with van der Waals surface area (Å²) in [6.45, 7) is 3.95. The second kappa shape index (κ2) is 8.20. The summed E-state index contributed by atoms with van der Waals surface area (Å²) in [5.74, 6) is 0.606. The van der Waals surface area contributed by atoms with E-state index >= 15 is 0 Å². The largest absolute Gasteiger partial charge is 0.300 e. The van der Waals surface area contributed by atoms with Crippen LogP contribution in [0.25, 0.3) is 0 Å². The van der Waals surface area contributed by atoms with Crippen molar-refractivity contribution in [2.75, 3.05) is 18.0 Å². The monoisotopic (exact) mass is 420 g/mol. The van der Waals surface area contributed by atoms with Gasteiger partial charge in [-0.3, -0.25) is 14.5 Å². The number of ketones is 1. The van der Waals surface area contributed by atoms with E-state index in [-0.39, 0.29) is 11.7 Å². The average molecular weight is 421 g/mol. The van der Waals surface area contributed by atoms with Gasteiger partial charge in [-0.25, -0.2) is 0 Å². The molecule has 2 saturated heterocycles. The Hall–Kier alpha value is -2.11. The molecule has 2 atom stereocenters. The molecule has 0 aliphatic carbocycles. The molecule has 156 valence electrons. The first-order valence-electron chi connectivity index (χ1n) is 11.1. The zero-order valence-corrected chi connectivity index (χ0v) is 18.3. The van der Waals surface area contributed by atoms with Crippen molar-refractivity contribution in [3.8, 4) is 0 Å². The lowest BCUT2D eigenvalue weighted by molar-refractivity contribution is -0.120. The summed E-state index contributed by atoms with van der Waals surface area (Å²) < 4.78 is 0. The smallest absolute Gasteiger partial charge is 0.231 e. The highest BCUT2D eigenvalue weighted by molar-refractivity contribution is 7.99. The van der Waals surface area contributed by atoms with Crippen LogP contribution in [0.4, 0.5) is 11.4 Å². The van der Waals surface area contributed by atoms with E-state index in [9.17, 15) is 9.59 Å². The molecular formula is C25H28N2O2S. The van der Waals surface area contributed by atoms with Crippen molar-refractivity contribution >= 4 is 34.8 Å². The topological polar surface area (TPSA) is 40.6 Å². The molecule has 0 saturated carbocycles. The number of piperidine rings is 2. The molecule has 2 aromatic carbocycles. The number of para-hydroxylation sites is 1. The third kappa shape index (κ3) is 3.58. The zero-order chi connectivity index (χ0) is 20.7.